The smallest absolute Gasteiger partial charge is 0.410 e. The summed E-state index contributed by atoms with van der Waals surface area (Å²) >= 11 is 0. The lowest BCUT2D eigenvalue weighted by molar-refractivity contribution is 0.00630. The number of hydrogen-bond donors (Lipinski definition) is 0. The Balaban J connectivity index is 1.17. The third-order valence-electron chi connectivity index (χ3n) is 7.68. The lowest BCUT2D eigenvalue weighted by atomic mass is 9.77. The van der Waals surface area contributed by atoms with E-state index in [-0.39, 0.29) is 41.6 Å². The van der Waals surface area contributed by atoms with Gasteiger partial charge in [-0.3, -0.25) is 4.79 Å². The average molecular weight is 454 g/mol. The van der Waals surface area contributed by atoms with E-state index < -0.39 is 0 Å². The lowest BCUT2D eigenvalue weighted by Crippen LogP contribution is -2.56. The molecule has 2 aromatic carbocycles. The first-order valence-corrected chi connectivity index (χ1v) is 12.1. The van der Waals surface area contributed by atoms with Crippen LogP contribution in [-0.4, -0.2) is 45.4 Å². The summed E-state index contributed by atoms with van der Waals surface area (Å²) in [5.41, 5.74) is 4.87. The first-order chi connectivity index (χ1) is 16.7. The molecule has 2 atom stereocenters. The van der Waals surface area contributed by atoms with Gasteiger partial charge in [0.25, 0.3) is 0 Å². The Morgan fingerprint density at radius 3 is 2.06 bits per heavy atom. The highest BCUT2D eigenvalue weighted by Crippen LogP contribution is 2.45. The topological polar surface area (TPSA) is 72.4 Å². The Bertz CT molecular complexity index is 1170. The molecule has 172 valence electrons. The summed E-state index contributed by atoms with van der Waals surface area (Å²) in [5, 5.41) is 0. The van der Waals surface area contributed by atoms with Gasteiger partial charge in [-0.05, 0) is 60.4 Å². The Morgan fingerprint density at radius 2 is 1.44 bits per heavy atom. The van der Waals surface area contributed by atoms with Crippen molar-refractivity contribution in [3.05, 3.63) is 83.9 Å². The van der Waals surface area contributed by atoms with Gasteiger partial charge in [0, 0.05) is 36.3 Å². The average Bonchev–Trinajstić information content (AvgIpc) is 3.20. The first-order valence-electron chi connectivity index (χ1n) is 12.1. The molecule has 2 aliphatic heterocycles. The van der Waals surface area contributed by atoms with Crippen LogP contribution in [0.1, 0.15) is 59.8 Å². The largest absolute Gasteiger partial charge is 0.448 e. The summed E-state index contributed by atoms with van der Waals surface area (Å²) < 4.78 is 5.97. The number of carbonyl (C=O) groups is 2. The second-order valence-corrected chi connectivity index (χ2v) is 9.55. The SMILES string of the molecule is O=C(c1ncccn1)C1CC2CCCC(C1)N2C(=O)OCC1c2ccccc2-c2ccccc21. The van der Waals surface area contributed by atoms with E-state index in [1.165, 1.54) is 22.3 Å². The standard InChI is InChI=1S/C28H27N3O3/c32-26(27-29-13-6-14-30-27)18-15-19-7-5-8-20(16-18)31(19)28(33)34-17-25-23-11-3-1-9-21(23)22-10-2-4-12-24(22)25/h1-4,6,9-14,18-20,25H,5,7-8,15-17H2. The van der Waals surface area contributed by atoms with Gasteiger partial charge < -0.3 is 9.64 Å². The summed E-state index contributed by atoms with van der Waals surface area (Å²) in [6.07, 6.45) is 7.14. The van der Waals surface area contributed by atoms with Crippen LogP contribution in [0.2, 0.25) is 0 Å². The predicted molar refractivity (Wildman–Crippen MR) is 127 cm³/mol. The Labute approximate surface area is 199 Å². The molecule has 0 radical (unpaired) electrons. The molecule has 6 heteroatoms. The van der Waals surface area contributed by atoms with Gasteiger partial charge in [0.1, 0.15) is 6.61 Å². The van der Waals surface area contributed by atoms with E-state index in [0.717, 1.165) is 19.3 Å². The van der Waals surface area contributed by atoms with Gasteiger partial charge in [-0.25, -0.2) is 14.8 Å². The van der Waals surface area contributed by atoms with Crippen molar-refractivity contribution in [2.45, 2.75) is 50.1 Å². The predicted octanol–water partition coefficient (Wildman–Crippen LogP) is 5.24. The second kappa shape index (κ2) is 8.67. The molecule has 1 aromatic heterocycles. The number of fused-ring (bicyclic) bond motifs is 5. The van der Waals surface area contributed by atoms with Crippen LogP contribution in [0.3, 0.4) is 0 Å². The number of ether oxygens (including phenoxy) is 1. The van der Waals surface area contributed by atoms with Crippen molar-refractivity contribution >= 4 is 11.9 Å². The zero-order valence-electron chi connectivity index (χ0n) is 19.0. The van der Waals surface area contributed by atoms with E-state index in [1.54, 1.807) is 18.5 Å². The van der Waals surface area contributed by atoms with E-state index in [1.807, 2.05) is 17.0 Å². The number of benzene rings is 2. The number of piperidine rings is 2. The Kier molecular flexibility index (Phi) is 5.36. The molecule has 3 aliphatic rings. The third kappa shape index (κ3) is 3.58. The number of ketones is 1. The summed E-state index contributed by atoms with van der Waals surface area (Å²) in [4.78, 5) is 36.5. The van der Waals surface area contributed by atoms with E-state index in [9.17, 15) is 9.59 Å². The molecular weight excluding hydrogens is 426 g/mol. The fourth-order valence-corrected chi connectivity index (χ4v) is 6.17. The van der Waals surface area contributed by atoms with Crippen LogP contribution in [0.15, 0.2) is 67.0 Å². The van der Waals surface area contributed by atoms with Crippen LogP contribution in [0.5, 0.6) is 0 Å². The zero-order chi connectivity index (χ0) is 23.1. The number of aromatic nitrogens is 2. The van der Waals surface area contributed by atoms with Gasteiger partial charge in [0.2, 0.25) is 5.78 Å². The molecule has 3 heterocycles. The molecule has 0 saturated carbocycles. The van der Waals surface area contributed by atoms with E-state index in [4.69, 9.17) is 4.74 Å². The van der Waals surface area contributed by atoms with Gasteiger partial charge in [-0.15, -0.1) is 0 Å². The van der Waals surface area contributed by atoms with Gasteiger partial charge in [0.15, 0.2) is 5.82 Å². The highest BCUT2D eigenvalue weighted by Gasteiger charge is 2.44. The number of carbonyl (C=O) groups excluding carboxylic acids is 2. The molecule has 2 unspecified atom stereocenters. The molecular formula is C28H27N3O3. The summed E-state index contributed by atoms with van der Waals surface area (Å²) in [5.74, 6) is 0.172. The van der Waals surface area contributed by atoms with Crippen LogP contribution in [0, 0.1) is 5.92 Å². The highest BCUT2D eigenvalue weighted by molar-refractivity contribution is 5.94. The van der Waals surface area contributed by atoms with Crippen LogP contribution >= 0.6 is 0 Å². The van der Waals surface area contributed by atoms with Crippen LogP contribution in [0.25, 0.3) is 11.1 Å². The Hall–Kier alpha value is -3.54. The summed E-state index contributed by atoms with van der Waals surface area (Å²) in [6.45, 7) is 0.322. The molecule has 34 heavy (non-hydrogen) atoms. The van der Waals surface area contributed by atoms with Crippen molar-refractivity contribution in [2.75, 3.05) is 6.61 Å². The monoisotopic (exact) mass is 453 g/mol. The lowest BCUT2D eigenvalue weighted by Gasteiger charge is -2.47. The molecule has 3 aromatic rings. The number of nitrogens with zero attached hydrogens (tertiary/aromatic N) is 3. The minimum atomic E-state index is -0.251. The third-order valence-corrected chi connectivity index (χ3v) is 7.68. The van der Waals surface area contributed by atoms with Crippen LogP contribution < -0.4 is 0 Å². The first kappa shape index (κ1) is 21.0. The second-order valence-electron chi connectivity index (χ2n) is 9.55. The number of hydrogen-bond acceptors (Lipinski definition) is 5. The summed E-state index contributed by atoms with van der Waals surface area (Å²) in [6, 6.07) is 18.5. The molecule has 0 spiro atoms. The molecule has 1 amide bonds. The minimum absolute atomic E-state index is 0.00955. The van der Waals surface area contributed by atoms with Crippen LogP contribution in [0.4, 0.5) is 4.79 Å². The maximum absolute atomic E-state index is 13.3. The van der Waals surface area contributed by atoms with Gasteiger partial charge in [-0.1, -0.05) is 48.5 Å². The van der Waals surface area contributed by atoms with E-state index in [0.29, 0.717) is 19.4 Å². The number of amides is 1. The number of rotatable bonds is 4. The molecule has 2 saturated heterocycles. The maximum Gasteiger partial charge on any atom is 0.410 e. The number of Topliss-reactive ketones (excluding diaryl/α,β-unsaturated/α-hetero) is 1. The minimum Gasteiger partial charge on any atom is -0.448 e. The fraction of sp³-hybridized carbons (Fsp3) is 0.357. The Morgan fingerprint density at radius 1 is 0.853 bits per heavy atom. The van der Waals surface area contributed by atoms with Crippen molar-refractivity contribution in [3.8, 4) is 11.1 Å². The van der Waals surface area contributed by atoms with E-state index >= 15 is 0 Å². The van der Waals surface area contributed by atoms with Gasteiger partial charge in [-0.2, -0.15) is 0 Å². The maximum atomic E-state index is 13.3. The quantitative estimate of drug-likeness (QED) is 0.505. The molecule has 0 N–H and O–H groups in total. The van der Waals surface area contributed by atoms with Crippen molar-refractivity contribution in [1.29, 1.82) is 0 Å². The summed E-state index contributed by atoms with van der Waals surface area (Å²) in [7, 11) is 0. The van der Waals surface area contributed by atoms with Gasteiger partial charge >= 0.3 is 6.09 Å². The van der Waals surface area contributed by atoms with Gasteiger partial charge in [0.05, 0.1) is 0 Å². The van der Waals surface area contributed by atoms with Crippen molar-refractivity contribution < 1.29 is 14.3 Å². The molecule has 6 rings (SSSR count). The molecule has 1 aliphatic carbocycles. The normalized spacial score (nSPS) is 23.2. The highest BCUT2D eigenvalue weighted by atomic mass is 16.6. The molecule has 2 bridgehead atoms. The zero-order valence-corrected chi connectivity index (χ0v) is 19.0. The van der Waals surface area contributed by atoms with Crippen molar-refractivity contribution in [3.63, 3.8) is 0 Å². The van der Waals surface area contributed by atoms with Crippen LogP contribution in [-0.2, 0) is 4.74 Å². The van der Waals surface area contributed by atoms with Crippen molar-refractivity contribution in [1.82, 2.24) is 14.9 Å². The molecule has 2 fully saturated rings. The van der Waals surface area contributed by atoms with Crippen molar-refractivity contribution in [2.24, 2.45) is 5.92 Å². The van der Waals surface area contributed by atoms with E-state index in [2.05, 4.69) is 46.4 Å². The molecule has 6 nitrogen and oxygen atoms in total. The fourth-order valence-electron chi connectivity index (χ4n) is 6.17.